The summed E-state index contributed by atoms with van der Waals surface area (Å²) in [6, 6.07) is 11.0. The van der Waals surface area contributed by atoms with Gasteiger partial charge >= 0.3 is 0 Å². The van der Waals surface area contributed by atoms with Gasteiger partial charge in [-0.05, 0) is 30.4 Å². The normalized spacial score (nSPS) is 26.5. The lowest BCUT2D eigenvalue weighted by Gasteiger charge is -2.41. The highest BCUT2D eigenvalue weighted by Gasteiger charge is 2.31. The molecule has 1 saturated heterocycles. The van der Waals surface area contributed by atoms with Crippen LogP contribution in [-0.4, -0.2) is 37.6 Å². The third-order valence-electron chi connectivity index (χ3n) is 4.75. The monoisotopic (exact) mass is 288 g/mol. The van der Waals surface area contributed by atoms with Gasteiger partial charge in [0.1, 0.15) is 0 Å². The van der Waals surface area contributed by atoms with E-state index in [4.69, 9.17) is 0 Å². The van der Waals surface area contributed by atoms with Crippen LogP contribution in [-0.2, 0) is 5.41 Å². The predicted molar refractivity (Wildman–Crippen MR) is 91.7 cm³/mol. The summed E-state index contributed by atoms with van der Waals surface area (Å²) in [5.41, 5.74) is 1.64. The Morgan fingerprint density at radius 2 is 1.76 bits per heavy atom. The van der Waals surface area contributed by atoms with Crippen molar-refractivity contribution in [2.45, 2.75) is 39.5 Å². The molecule has 1 N–H and O–H groups in total. The minimum Gasteiger partial charge on any atom is -0.316 e. The van der Waals surface area contributed by atoms with Gasteiger partial charge in [0.2, 0.25) is 0 Å². The van der Waals surface area contributed by atoms with Gasteiger partial charge in [0.05, 0.1) is 0 Å². The number of likely N-dealkylation sites (N-methyl/N-ethyl adjacent to an activating group) is 1. The van der Waals surface area contributed by atoms with Crippen molar-refractivity contribution in [3.63, 3.8) is 0 Å². The third-order valence-corrected chi connectivity index (χ3v) is 4.75. The molecule has 2 nitrogen and oxygen atoms in total. The first kappa shape index (κ1) is 16.5. The second-order valence-corrected chi connectivity index (χ2v) is 7.35. The van der Waals surface area contributed by atoms with Crippen LogP contribution in [0.25, 0.3) is 0 Å². The zero-order valence-corrected chi connectivity index (χ0v) is 14.2. The molecular weight excluding hydrogens is 256 g/mol. The van der Waals surface area contributed by atoms with Crippen molar-refractivity contribution in [2.24, 2.45) is 11.8 Å². The number of hydrogen-bond acceptors (Lipinski definition) is 2. The first-order valence-corrected chi connectivity index (χ1v) is 8.52. The zero-order chi connectivity index (χ0) is 15.3. The van der Waals surface area contributed by atoms with Crippen molar-refractivity contribution in [3.05, 3.63) is 35.9 Å². The second kappa shape index (κ2) is 7.42. The number of benzene rings is 1. The Balaban J connectivity index is 2.12. The van der Waals surface area contributed by atoms with E-state index in [1.807, 2.05) is 0 Å². The fourth-order valence-corrected chi connectivity index (χ4v) is 3.91. The van der Waals surface area contributed by atoms with Crippen molar-refractivity contribution >= 4 is 0 Å². The molecule has 1 heterocycles. The summed E-state index contributed by atoms with van der Waals surface area (Å²) in [6.07, 6.45) is 1.38. The molecule has 118 valence electrons. The molecule has 2 heteroatoms. The maximum atomic E-state index is 3.57. The van der Waals surface area contributed by atoms with E-state index in [1.54, 1.807) is 0 Å². The van der Waals surface area contributed by atoms with Crippen LogP contribution in [0.15, 0.2) is 30.3 Å². The molecule has 0 aromatic heterocycles. The number of piperidine rings is 1. The lowest BCUT2D eigenvalue weighted by Crippen LogP contribution is -2.49. The van der Waals surface area contributed by atoms with E-state index in [1.165, 1.54) is 25.1 Å². The average Bonchev–Trinajstić information content (AvgIpc) is 2.45. The largest absolute Gasteiger partial charge is 0.316 e. The molecule has 3 unspecified atom stereocenters. The van der Waals surface area contributed by atoms with Crippen LogP contribution in [0.3, 0.4) is 0 Å². The van der Waals surface area contributed by atoms with Crippen LogP contribution >= 0.6 is 0 Å². The van der Waals surface area contributed by atoms with Crippen molar-refractivity contribution < 1.29 is 0 Å². The molecular formula is C19H32N2. The predicted octanol–water partition coefficient (Wildman–Crippen LogP) is 3.53. The molecule has 0 aliphatic carbocycles. The number of nitrogens with zero attached hydrogens (tertiary/aromatic N) is 1. The lowest BCUT2D eigenvalue weighted by atomic mass is 9.80. The molecule has 0 spiro atoms. The third kappa shape index (κ3) is 4.55. The van der Waals surface area contributed by atoms with Gasteiger partial charge in [-0.1, -0.05) is 58.0 Å². The first-order chi connectivity index (χ1) is 10.0. The second-order valence-electron chi connectivity index (χ2n) is 7.35. The van der Waals surface area contributed by atoms with Gasteiger partial charge in [0.15, 0.2) is 0 Å². The standard InChI is InChI=1S/C19H32N2/c1-5-20-14-19(4,18-9-7-6-8-10-18)15-21-12-16(2)11-17(3)13-21/h6-10,16-17,20H,5,11-15H2,1-4H3. The summed E-state index contributed by atoms with van der Waals surface area (Å²) in [7, 11) is 0. The van der Waals surface area contributed by atoms with Crippen LogP contribution in [0, 0.1) is 11.8 Å². The molecule has 1 aromatic rings. The van der Waals surface area contributed by atoms with Crippen molar-refractivity contribution in [1.29, 1.82) is 0 Å². The fraction of sp³-hybridized carbons (Fsp3) is 0.684. The highest BCUT2D eigenvalue weighted by atomic mass is 15.1. The molecule has 0 radical (unpaired) electrons. The van der Waals surface area contributed by atoms with Crippen LogP contribution in [0.2, 0.25) is 0 Å². The number of nitrogens with one attached hydrogen (secondary N) is 1. The van der Waals surface area contributed by atoms with E-state index in [2.05, 4.69) is 68.2 Å². The van der Waals surface area contributed by atoms with Gasteiger partial charge < -0.3 is 10.2 Å². The van der Waals surface area contributed by atoms with E-state index in [-0.39, 0.29) is 5.41 Å². The maximum absolute atomic E-state index is 3.57. The Morgan fingerprint density at radius 3 is 2.33 bits per heavy atom. The molecule has 1 aliphatic rings. The van der Waals surface area contributed by atoms with Crippen molar-refractivity contribution in [2.75, 3.05) is 32.7 Å². The summed E-state index contributed by atoms with van der Waals surface area (Å²) in [5, 5.41) is 3.57. The van der Waals surface area contributed by atoms with Gasteiger partial charge in [-0.15, -0.1) is 0 Å². The molecule has 0 saturated carbocycles. The van der Waals surface area contributed by atoms with Crippen LogP contribution in [0.1, 0.15) is 39.7 Å². The Kier molecular flexibility index (Phi) is 5.83. The zero-order valence-electron chi connectivity index (χ0n) is 14.2. The number of rotatable bonds is 6. The smallest absolute Gasteiger partial charge is 0.0177 e. The molecule has 3 atom stereocenters. The van der Waals surface area contributed by atoms with Crippen molar-refractivity contribution in [1.82, 2.24) is 10.2 Å². The van der Waals surface area contributed by atoms with Gasteiger partial charge in [-0.2, -0.15) is 0 Å². The Labute approximate surface area is 130 Å². The topological polar surface area (TPSA) is 15.3 Å². The van der Waals surface area contributed by atoms with Crippen LogP contribution in [0.4, 0.5) is 0 Å². The minimum atomic E-state index is 0.189. The molecule has 1 aliphatic heterocycles. The van der Waals surface area contributed by atoms with Crippen molar-refractivity contribution in [3.8, 4) is 0 Å². The summed E-state index contributed by atoms with van der Waals surface area (Å²) in [6.45, 7) is 15.1. The summed E-state index contributed by atoms with van der Waals surface area (Å²) >= 11 is 0. The Morgan fingerprint density at radius 1 is 1.14 bits per heavy atom. The van der Waals surface area contributed by atoms with E-state index in [9.17, 15) is 0 Å². The van der Waals surface area contributed by atoms with Crippen LogP contribution < -0.4 is 5.32 Å². The Hall–Kier alpha value is -0.860. The maximum Gasteiger partial charge on any atom is 0.0177 e. The SMILES string of the molecule is CCNCC(C)(CN1CC(C)CC(C)C1)c1ccccc1. The van der Waals surface area contributed by atoms with E-state index in [0.717, 1.165) is 31.5 Å². The molecule has 2 rings (SSSR count). The van der Waals surface area contributed by atoms with Gasteiger partial charge in [0.25, 0.3) is 0 Å². The molecule has 0 bridgehead atoms. The fourth-order valence-electron chi connectivity index (χ4n) is 3.91. The lowest BCUT2D eigenvalue weighted by molar-refractivity contribution is 0.114. The van der Waals surface area contributed by atoms with Crippen LogP contribution in [0.5, 0.6) is 0 Å². The molecule has 21 heavy (non-hydrogen) atoms. The van der Waals surface area contributed by atoms with E-state index < -0.39 is 0 Å². The minimum absolute atomic E-state index is 0.189. The summed E-state index contributed by atoms with van der Waals surface area (Å²) < 4.78 is 0. The summed E-state index contributed by atoms with van der Waals surface area (Å²) in [5.74, 6) is 1.65. The summed E-state index contributed by atoms with van der Waals surface area (Å²) in [4.78, 5) is 2.68. The average molecular weight is 288 g/mol. The quantitative estimate of drug-likeness (QED) is 0.861. The molecule has 0 amide bonds. The number of likely N-dealkylation sites (tertiary alicyclic amines) is 1. The number of hydrogen-bond donors (Lipinski definition) is 1. The van der Waals surface area contributed by atoms with E-state index in [0.29, 0.717) is 0 Å². The molecule has 1 aromatic carbocycles. The Bertz CT molecular complexity index is 407. The molecule has 1 fully saturated rings. The van der Waals surface area contributed by atoms with E-state index >= 15 is 0 Å². The highest BCUT2D eigenvalue weighted by molar-refractivity contribution is 5.25. The highest BCUT2D eigenvalue weighted by Crippen LogP contribution is 2.28. The van der Waals surface area contributed by atoms with Gasteiger partial charge in [-0.25, -0.2) is 0 Å². The van der Waals surface area contributed by atoms with Gasteiger partial charge in [0, 0.05) is 31.6 Å². The van der Waals surface area contributed by atoms with Gasteiger partial charge in [-0.3, -0.25) is 0 Å². The first-order valence-electron chi connectivity index (χ1n) is 8.52.